The minimum Gasteiger partial charge on any atom is -0.496 e. The van der Waals surface area contributed by atoms with E-state index in [0.717, 1.165) is 24.4 Å². The van der Waals surface area contributed by atoms with Crippen molar-refractivity contribution in [2.45, 2.75) is 12.5 Å². The van der Waals surface area contributed by atoms with Crippen LogP contribution in [0.5, 0.6) is 0 Å². The molecule has 0 fully saturated rings. The van der Waals surface area contributed by atoms with Crippen molar-refractivity contribution in [1.29, 1.82) is 0 Å². The Morgan fingerprint density at radius 1 is 1.50 bits per heavy atom. The number of halogens is 2. The first kappa shape index (κ1) is 11.6. The highest BCUT2D eigenvalue weighted by Gasteiger charge is 2.19. The molecule has 0 amide bonds. The van der Waals surface area contributed by atoms with Gasteiger partial charge in [-0.15, -0.1) is 0 Å². The van der Waals surface area contributed by atoms with Crippen LogP contribution in [0.25, 0.3) is 0 Å². The fraction of sp³-hybridized carbons (Fsp3) is 0.333. The van der Waals surface area contributed by atoms with E-state index >= 15 is 0 Å². The highest BCUT2D eigenvalue weighted by molar-refractivity contribution is 9.10. The molecule has 86 valence electrons. The summed E-state index contributed by atoms with van der Waals surface area (Å²) in [4.78, 5) is 0. The summed E-state index contributed by atoms with van der Waals surface area (Å²) in [6.45, 7) is 0.732. The van der Waals surface area contributed by atoms with Gasteiger partial charge in [-0.25, -0.2) is 4.39 Å². The van der Waals surface area contributed by atoms with Crippen molar-refractivity contribution >= 4 is 15.9 Å². The second-order valence-electron chi connectivity index (χ2n) is 3.64. The molecule has 1 aromatic rings. The molecular formula is C12H13BrFNO. The van der Waals surface area contributed by atoms with Gasteiger partial charge in [-0.2, -0.15) is 0 Å². The third-order valence-electron chi connectivity index (χ3n) is 2.58. The Hall–Kier alpha value is -0.870. The molecule has 0 radical (unpaired) electrons. The Balaban J connectivity index is 2.29. The van der Waals surface area contributed by atoms with Gasteiger partial charge in [0.05, 0.1) is 17.1 Å². The topological polar surface area (TPSA) is 21.3 Å². The van der Waals surface area contributed by atoms with Crippen LogP contribution in [-0.2, 0) is 4.74 Å². The molecule has 0 aliphatic carbocycles. The summed E-state index contributed by atoms with van der Waals surface area (Å²) in [6, 6.07) is 5.00. The van der Waals surface area contributed by atoms with Gasteiger partial charge in [0.2, 0.25) is 0 Å². The first-order chi connectivity index (χ1) is 7.72. The van der Waals surface area contributed by atoms with Gasteiger partial charge in [0.1, 0.15) is 11.6 Å². The smallest absolute Gasteiger partial charge is 0.137 e. The van der Waals surface area contributed by atoms with Crippen molar-refractivity contribution in [3.63, 3.8) is 0 Å². The van der Waals surface area contributed by atoms with Crippen LogP contribution in [0.1, 0.15) is 18.0 Å². The lowest BCUT2D eigenvalue weighted by atomic mass is 10.1. The third-order valence-corrected chi connectivity index (χ3v) is 3.19. The van der Waals surface area contributed by atoms with Crippen LogP contribution in [0, 0.1) is 5.82 Å². The number of hydrogen-bond acceptors (Lipinski definition) is 2. The summed E-state index contributed by atoms with van der Waals surface area (Å²) in [5.41, 5.74) is 0.990. The maximum atomic E-state index is 13.1. The minimum absolute atomic E-state index is 0.000556. The molecule has 1 atom stereocenters. The first-order valence-electron chi connectivity index (χ1n) is 5.17. The molecule has 0 spiro atoms. The normalized spacial score (nSPS) is 16.8. The zero-order valence-electron chi connectivity index (χ0n) is 8.97. The van der Waals surface area contributed by atoms with Crippen molar-refractivity contribution in [3.05, 3.63) is 45.9 Å². The number of ether oxygens (including phenoxy) is 1. The van der Waals surface area contributed by atoms with Gasteiger partial charge < -0.3 is 10.1 Å². The molecule has 1 aliphatic rings. The standard InChI is InChI=1S/C12H13BrFNO/c1-15-12(11-3-2-6-16-11)8-4-5-10(14)9(13)7-8/h3-5,7,12,15H,2,6H2,1H3. The van der Waals surface area contributed by atoms with Crippen molar-refractivity contribution in [2.75, 3.05) is 13.7 Å². The summed E-state index contributed by atoms with van der Waals surface area (Å²) in [5.74, 6) is 0.668. The van der Waals surface area contributed by atoms with Gasteiger partial charge in [0.25, 0.3) is 0 Å². The molecule has 1 heterocycles. The molecule has 1 aromatic carbocycles. The molecule has 1 N–H and O–H groups in total. The monoisotopic (exact) mass is 285 g/mol. The molecular weight excluding hydrogens is 273 g/mol. The quantitative estimate of drug-likeness (QED) is 0.921. The summed E-state index contributed by atoms with van der Waals surface area (Å²) >= 11 is 3.19. The largest absolute Gasteiger partial charge is 0.496 e. The summed E-state index contributed by atoms with van der Waals surface area (Å²) < 4.78 is 19.1. The number of benzene rings is 1. The fourth-order valence-electron chi connectivity index (χ4n) is 1.80. The van der Waals surface area contributed by atoms with Crippen molar-refractivity contribution in [3.8, 4) is 0 Å². The van der Waals surface area contributed by atoms with E-state index in [1.807, 2.05) is 7.05 Å². The highest BCUT2D eigenvalue weighted by Crippen LogP contribution is 2.28. The summed E-state index contributed by atoms with van der Waals surface area (Å²) in [5, 5.41) is 3.17. The Morgan fingerprint density at radius 2 is 2.31 bits per heavy atom. The van der Waals surface area contributed by atoms with Gasteiger partial charge in [-0.1, -0.05) is 6.07 Å². The van der Waals surface area contributed by atoms with Gasteiger partial charge >= 0.3 is 0 Å². The van der Waals surface area contributed by atoms with Crippen LogP contribution in [0.15, 0.2) is 34.5 Å². The third kappa shape index (κ3) is 2.28. The Labute approximate surface area is 103 Å². The zero-order valence-corrected chi connectivity index (χ0v) is 10.6. The van der Waals surface area contributed by atoms with Crippen LogP contribution in [0.2, 0.25) is 0 Å². The fourth-order valence-corrected chi connectivity index (χ4v) is 2.20. The van der Waals surface area contributed by atoms with Crippen LogP contribution < -0.4 is 5.32 Å². The average Bonchev–Trinajstić information content (AvgIpc) is 2.78. The molecule has 0 saturated heterocycles. The van der Waals surface area contributed by atoms with E-state index < -0.39 is 0 Å². The summed E-state index contributed by atoms with van der Waals surface area (Å²) in [7, 11) is 1.87. The van der Waals surface area contributed by atoms with E-state index in [4.69, 9.17) is 4.74 Å². The lowest BCUT2D eigenvalue weighted by Gasteiger charge is -2.18. The molecule has 0 bridgehead atoms. The van der Waals surface area contributed by atoms with E-state index in [1.165, 1.54) is 6.07 Å². The maximum Gasteiger partial charge on any atom is 0.137 e. The molecule has 16 heavy (non-hydrogen) atoms. The van der Waals surface area contributed by atoms with Gasteiger partial charge in [0, 0.05) is 6.42 Å². The molecule has 1 unspecified atom stereocenters. The minimum atomic E-state index is -0.250. The molecule has 2 nitrogen and oxygen atoms in total. The van der Waals surface area contributed by atoms with E-state index in [0.29, 0.717) is 4.47 Å². The van der Waals surface area contributed by atoms with E-state index in [-0.39, 0.29) is 11.9 Å². The molecule has 1 aliphatic heterocycles. The Morgan fingerprint density at radius 3 is 2.88 bits per heavy atom. The van der Waals surface area contributed by atoms with E-state index in [2.05, 4.69) is 27.3 Å². The second-order valence-corrected chi connectivity index (χ2v) is 4.49. The van der Waals surface area contributed by atoms with Gasteiger partial charge in [0.15, 0.2) is 0 Å². The van der Waals surface area contributed by atoms with Crippen molar-refractivity contribution in [1.82, 2.24) is 5.32 Å². The first-order valence-corrected chi connectivity index (χ1v) is 5.96. The molecule has 2 rings (SSSR count). The number of rotatable bonds is 3. The van der Waals surface area contributed by atoms with Crippen LogP contribution in [-0.4, -0.2) is 13.7 Å². The summed E-state index contributed by atoms with van der Waals surface area (Å²) in [6.07, 6.45) is 3.01. The lowest BCUT2D eigenvalue weighted by molar-refractivity contribution is 0.218. The maximum absolute atomic E-state index is 13.1. The predicted octanol–water partition coefficient (Wildman–Crippen LogP) is 3.15. The number of hydrogen-bond donors (Lipinski definition) is 1. The van der Waals surface area contributed by atoms with E-state index in [9.17, 15) is 4.39 Å². The molecule has 0 aromatic heterocycles. The number of likely N-dealkylation sites (N-methyl/N-ethyl adjacent to an activating group) is 1. The predicted molar refractivity (Wildman–Crippen MR) is 64.6 cm³/mol. The molecule has 4 heteroatoms. The lowest BCUT2D eigenvalue weighted by Crippen LogP contribution is -2.19. The SMILES string of the molecule is CNC(C1=CCCO1)c1ccc(F)c(Br)c1. The van der Waals surface area contributed by atoms with Crippen LogP contribution in [0.3, 0.4) is 0 Å². The highest BCUT2D eigenvalue weighted by atomic mass is 79.9. The number of nitrogens with one attached hydrogen (secondary N) is 1. The van der Waals surface area contributed by atoms with Crippen molar-refractivity contribution in [2.24, 2.45) is 0 Å². The Kier molecular flexibility index (Phi) is 3.61. The van der Waals surface area contributed by atoms with Gasteiger partial charge in [-0.05, 0) is 46.7 Å². The molecule has 0 saturated carbocycles. The van der Waals surface area contributed by atoms with E-state index in [1.54, 1.807) is 12.1 Å². The zero-order chi connectivity index (χ0) is 11.5. The second kappa shape index (κ2) is 4.97. The average molecular weight is 286 g/mol. The van der Waals surface area contributed by atoms with Crippen LogP contribution >= 0.6 is 15.9 Å². The van der Waals surface area contributed by atoms with Gasteiger partial charge in [-0.3, -0.25) is 0 Å². The van der Waals surface area contributed by atoms with Crippen molar-refractivity contribution < 1.29 is 9.13 Å². The van der Waals surface area contributed by atoms with Crippen LogP contribution in [0.4, 0.5) is 4.39 Å². The Bertz CT molecular complexity index is 419.